The molecule has 1 heterocycles. The van der Waals surface area contributed by atoms with E-state index in [1.807, 2.05) is 0 Å². The molecule has 1 amide bonds. The number of carbonyl (C=O) groups excluding carboxylic acids is 1. The summed E-state index contributed by atoms with van der Waals surface area (Å²) in [5, 5.41) is 16.0. The molecule has 0 saturated carbocycles. The minimum absolute atomic E-state index is 0.0975. The van der Waals surface area contributed by atoms with Crippen LogP contribution in [-0.2, 0) is 17.5 Å². The van der Waals surface area contributed by atoms with Gasteiger partial charge in [-0.05, 0) is 35.9 Å². The summed E-state index contributed by atoms with van der Waals surface area (Å²) in [5.74, 6) is -0.521. The number of halogens is 3. The number of hydrazone groups is 1. The van der Waals surface area contributed by atoms with Crippen LogP contribution in [0.2, 0.25) is 0 Å². The number of rotatable bonds is 4. The second-order valence-corrected chi connectivity index (χ2v) is 4.28. The zero-order chi connectivity index (χ0) is 16.2. The number of aromatic hydroxyl groups is 1. The van der Waals surface area contributed by atoms with Gasteiger partial charge < -0.3 is 5.11 Å². The Morgan fingerprint density at radius 3 is 2.59 bits per heavy atom. The summed E-state index contributed by atoms with van der Waals surface area (Å²) in [5.41, 5.74) is 1.74. The second-order valence-electron chi connectivity index (χ2n) is 4.28. The van der Waals surface area contributed by atoms with Crippen LogP contribution >= 0.6 is 0 Å². The zero-order valence-electron chi connectivity index (χ0n) is 11.1. The first-order valence-electron chi connectivity index (χ1n) is 6.06. The molecule has 116 valence electrons. The number of alkyl halides is 3. The number of carbonyl (C=O) groups is 1. The van der Waals surface area contributed by atoms with Crippen molar-refractivity contribution in [1.82, 2.24) is 15.2 Å². The third kappa shape index (κ3) is 4.33. The predicted octanol–water partition coefficient (Wildman–Crippen LogP) is 1.76. The molecule has 0 spiro atoms. The molecule has 0 aliphatic carbocycles. The third-order valence-corrected chi connectivity index (χ3v) is 2.53. The highest BCUT2D eigenvalue weighted by molar-refractivity contribution is 5.82. The quantitative estimate of drug-likeness (QED) is 0.667. The summed E-state index contributed by atoms with van der Waals surface area (Å²) in [6.45, 7) is -0.386. The fourth-order valence-corrected chi connectivity index (χ4v) is 1.52. The van der Waals surface area contributed by atoms with Crippen molar-refractivity contribution >= 4 is 12.1 Å². The molecular formula is C13H11F3N4O2. The lowest BCUT2D eigenvalue weighted by molar-refractivity contribution is -0.141. The Bertz CT molecular complexity index is 677. The van der Waals surface area contributed by atoms with Gasteiger partial charge in [0.25, 0.3) is 5.91 Å². The minimum atomic E-state index is -4.54. The Labute approximate surface area is 122 Å². The smallest absolute Gasteiger partial charge is 0.435 e. The van der Waals surface area contributed by atoms with Crippen LogP contribution < -0.4 is 5.43 Å². The molecule has 0 aliphatic heterocycles. The van der Waals surface area contributed by atoms with Crippen LogP contribution in [0.15, 0.2) is 41.6 Å². The number of phenols is 1. The average Bonchev–Trinajstić information content (AvgIpc) is 2.89. The van der Waals surface area contributed by atoms with Crippen LogP contribution in [0.25, 0.3) is 0 Å². The molecule has 0 saturated heterocycles. The largest absolute Gasteiger partial charge is 0.508 e. The first-order chi connectivity index (χ1) is 10.3. The number of nitrogens with one attached hydrogen (secondary N) is 1. The lowest BCUT2D eigenvalue weighted by atomic mass is 10.2. The molecule has 1 aromatic heterocycles. The number of hydrogen-bond acceptors (Lipinski definition) is 4. The lowest BCUT2D eigenvalue weighted by Crippen LogP contribution is -2.23. The van der Waals surface area contributed by atoms with E-state index in [2.05, 4.69) is 15.6 Å². The van der Waals surface area contributed by atoms with Crippen molar-refractivity contribution in [3.05, 3.63) is 47.8 Å². The molecule has 0 unspecified atom stereocenters. The molecule has 0 fully saturated rings. The third-order valence-electron chi connectivity index (χ3n) is 2.53. The first-order valence-corrected chi connectivity index (χ1v) is 6.06. The Morgan fingerprint density at radius 1 is 1.32 bits per heavy atom. The van der Waals surface area contributed by atoms with E-state index in [1.165, 1.54) is 18.3 Å². The van der Waals surface area contributed by atoms with Crippen LogP contribution in [-0.4, -0.2) is 27.0 Å². The molecule has 22 heavy (non-hydrogen) atoms. The average molecular weight is 312 g/mol. The minimum Gasteiger partial charge on any atom is -0.508 e. The van der Waals surface area contributed by atoms with Gasteiger partial charge in [0.1, 0.15) is 12.3 Å². The van der Waals surface area contributed by atoms with E-state index >= 15 is 0 Å². The number of hydrogen-bond donors (Lipinski definition) is 2. The Morgan fingerprint density at radius 2 is 2.00 bits per heavy atom. The molecule has 1 aromatic carbocycles. The molecular weight excluding hydrogens is 301 g/mol. The van der Waals surface area contributed by atoms with Gasteiger partial charge in [-0.1, -0.05) is 0 Å². The lowest BCUT2D eigenvalue weighted by Gasteiger charge is -2.02. The maximum Gasteiger partial charge on any atom is 0.435 e. The van der Waals surface area contributed by atoms with Gasteiger partial charge in [-0.3, -0.25) is 9.48 Å². The van der Waals surface area contributed by atoms with Crippen LogP contribution in [0.4, 0.5) is 13.2 Å². The van der Waals surface area contributed by atoms with Crippen LogP contribution in [0, 0.1) is 0 Å². The summed E-state index contributed by atoms with van der Waals surface area (Å²) in [6, 6.07) is 6.84. The molecule has 6 nitrogen and oxygen atoms in total. The predicted molar refractivity (Wildman–Crippen MR) is 71.1 cm³/mol. The molecule has 0 radical (unpaired) electrons. The van der Waals surface area contributed by atoms with Crippen molar-refractivity contribution in [1.29, 1.82) is 0 Å². The van der Waals surface area contributed by atoms with Crippen LogP contribution in [0.5, 0.6) is 5.75 Å². The van der Waals surface area contributed by atoms with Gasteiger partial charge in [0.15, 0.2) is 5.69 Å². The van der Waals surface area contributed by atoms with Crippen molar-refractivity contribution in [3.63, 3.8) is 0 Å². The summed E-state index contributed by atoms with van der Waals surface area (Å²) < 4.78 is 37.9. The molecule has 0 bridgehead atoms. The van der Waals surface area contributed by atoms with Crippen molar-refractivity contribution in [2.24, 2.45) is 5.10 Å². The molecule has 2 rings (SSSR count). The van der Waals surface area contributed by atoms with Gasteiger partial charge in [0.2, 0.25) is 0 Å². The van der Waals surface area contributed by atoms with E-state index in [4.69, 9.17) is 5.11 Å². The Hall–Kier alpha value is -2.84. The number of aromatic nitrogens is 2. The fraction of sp³-hybridized carbons (Fsp3) is 0.154. The summed E-state index contributed by atoms with van der Waals surface area (Å²) in [4.78, 5) is 11.5. The Balaban J connectivity index is 1.88. The molecule has 0 atom stereocenters. The van der Waals surface area contributed by atoms with Gasteiger partial charge in [-0.2, -0.15) is 23.4 Å². The van der Waals surface area contributed by atoms with Gasteiger partial charge in [-0.25, -0.2) is 5.43 Å². The van der Waals surface area contributed by atoms with Gasteiger partial charge in [0, 0.05) is 6.20 Å². The molecule has 2 aromatic rings. The fourth-order valence-electron chi connectivity index (χ4n) is 1.52. The molecule has 2 N–H and O–H groups in total. The topological polar surface area (TPSA) is 79.5 Å². The first kappa shape index (κ1) is 15.5. The highest BCUT2D eigenvalue weighted by Crippen LogP contribution is 2.27. The SMILES string of the molecule is O=C(Cn1ccc(C(F)(F)F)n1)N/N=C/c1ccc(O)cc1. The summed E-state index contributed by atoms with van der Waals surface area (Å²) in [7, 11) is 0. The monoisotopic (exact) mass is 312 g/mol. The number of nitrogens with zero attached hydrogens (tertiary/aromatic N) is 3. The summed E-state index contributed by atoms with van der Waals surface area (Å²) in [6.07, 6.45) is -2.15. The van der Waals surface area contributed by atoms with E-state index in [9.17, 15) is 18.0 Å². The number of phenolic OH excluding ortho intramolecular Hbond substituents is 1. The van der Waals surface area contributed by atoms with Crippen molar-refractivity contribution in [2.45, 2.75) is 12.7 Å². The van der Waals surface area contributed by atoms with Crippen molar-refractivity contribution in [2.75, 3.05) is 0 Å². The van der Waals surface area contributed by atoms with Gasteiger partial charge in [-0.15, -0.1) is 0 Å². The van der Waals surface area contributed by atoms with Crippen LogP contribution in [0.3, 0.4) is 0 Å². The van der Waals surface area contributed by atoms with E-state index in [-0.39, 0.29) is 12.3 Å². The van der Waals surface area contributed by atoms with E-state index in [1.54, 1.807) is 12.1 Å². The van der Waals surface area contributed by atoms with Crippen LogP contribution in [0.1, 0.15) is 11.3 Å². The highest BCUT2D eigenvalue weighted by Gasteiger charge is 2.33. The zero-order valence-corrected chi connectivity index (χ0v) is 11.1. The van der Waals surface area contributed by atoms with E-state index in [0.717, 1.165) is 16.9 Å². The molecule has 9 heteroatoms. The summed E-state index contributed by atoms with van der Waals surface area (Å²) >= 11 is 0. The molecule has 0 aliphatic rings. The van der Waals surface area contributed by atoms with Crippen molar-refractivity contribution < 1.29 is 23.1 Å². The highest BCUT2D eigenvalue weighted by atomic mass is 19.4. The van der Waals surface area contributed by atoms with Crippen molar-refractivity contribution in [3.8, 4) is 5.75 Å². The Kier molecular flexibility index (Phi) is 4.44. The van der Waals surface area contributed by atoms with E-state index in [0.29, 0.717) is 5.56 Å². The maximum absolute atomic E-state index is 12.3. The maximum atomic E-state index is 12.3. The van der Waals surface area contributed by atoms with Gasteiger partial charge in [0.05, 0.1) is 6.21 Å². The normalized spacial score (nSPS) is 11.8. The van der Waals surface area contributed by atoms with Gasteiger partial charge >= 0.3 is 6.18 Å². The standard InChI is InChI=1S/C13H11F3N4O2/c14-13(15,16)11-5-6-20(19-11)8-12(22)18-17-7-9-1-3-10(21)4-2-9/h1-7,21H,8H2,(H,18,22)/b17-7+. The van der Waals surface area contributed by atoms with E-state index < -0.39 is 17.8 Å². The number of amides is 1. The second kappa shape index (κ2) is 6.29. The number of benzene rings is 1.